The van der Waals surface area contributed by atoms with E-state index in [0.29, 0.717) is 11.5 Å². The lowest BCUT2D eigenvalue weighted by Gasteiger charge is -2.60. The summed E-state index contributed by atoms with van der Waals surface area (Å²) in [6, 6.07) is 1.99. The van der Waals surface area contributed by atoms with Gasteiger partial charge in [0.1, 0.15) is 0 Å². The maximum absolute atomic E-state index is 12.2. The number of hydrogen-bond acceptors (Lipinski definition) is 2. The van der Waals surface area contributed by atoms with Gasteiger partial charge >= 0.3 is 0 Å². The summed E-state index contributed by atoms with van der Waals surface area (Å²) in [7, 11) is 0. The molecule has 5 fully saturated rings. The van der Waals surface area contributed by atoms with E-state index in [0.717, 1.165) is 36.3 Å². The number of rotatable bonds is 2. The maximum atomic E-state index is 12.2. The number of fused-ring (bicyclic) bond motifs is 5. The van der Waals surface area contributed by atoms with E-state index in [1.165, 1.54) is 51.4 Å². The third-order valence-corrected chi connectivity index (χ3v) is 9.84. The van der Waals surface area contributed by atoms with Gasteiger partial charge in [-0.3, -0.25) is 4.79 Å². The molecule has 1 amide bonds. The van der Waals surface area contributed by atoms with Crippen molar-refractivity contribution >= 4 is 21.8 Å². The third kappa shape index (κ3) is 2.49. The van der Waals surface area contributed by atoms with Gasteiger partial charge in [0.15, 0.2) is 0 Å². The van der Waals surface area contributed by atoms with Crippen LogP contribution in [0, 0.1) is 28.6 Å². The molecule has 0 bridgehead atoms. The first-order valence-electron chi connectivity index (χ1n) is 10.6. The summed E-state index contributed by atoms with van der Waals surface area (Å²) in [5.41, 5.74) is 0.799. The first-order chi connectivity index (χ1) is 11.9. The molecular weight excluding hydrogens is 376 g/mol. The summed E-state index contributed by atoms with van der Waals surface area (Å²) in [5, 5.41) is 7.36. The molecule has 3 nitrogen and oxygen atoms in total. The van der Waals surface area contributed by atoms with E-state index >= 15 is 0 Å². The highest BCUT2D eigenvalue weighted by Crippen LogP contribution is 2.64. The highest BCUT2D eigenvalue weighted by molar-refractivity contribution is 9.10. The predicted molar refractivity (Wildman–Crippen MR) is 104 cm³/mol. The van der Waals surface area contributed by atoms with Crippen molar-refractivity contribution in [3.8, 4) is 0 Å². The molecule has 8 atom stereocenters. The second kappa shape index (κ2) is 5.70. The molecule has 0 unspecified atom stereocenters. The number of nitrogens with one attached hydrogen (secondary N) is 2. The Labute approximate surface area is 160 Å². The van der Waals surface area contributed by atoms with Crippen molar-refractivity contribution in [2.24, 2.45) is 28.6 Å². The number of piperidine rings is 1. The fraction of sp³-hybridized carbons (Fsp3) is 0.952. The normalized spacial score (nSPS) is 55.1. The van der Waals surface area contributed by atoms with Gasteiger partial charge in [-0.15, -0.1) is 0 Å². The van der Waals surface area contributed by atoms with E-state index in [2.05, 4.69) is 40.4 Å². The highest BCUT2D eigenvalue weighted by atomic mass is 79.9. The van der Waals surface area contributed by atoms with Crippen molar-refractivity contribution in [3.05, 3.63) is 0 Å². The van der Waals surface area contributed by atoms with Crippen LogP contribution in [0.3, 0.4) is 0 Å². The zero-order chi connectivity index (χ0) is 17.4. The molecule has 1 aliphatic heterocycles. The van der Waals surface area contributed by atoms with E-state index in [4.69, 9.17) is 0 Å². The van der Waals surface area contributed by atoms with E-state index in [1.807, 2.05) is 0 Å². The molecule has 0 aromatic rings. The smallest absolute Gasteiger partial charge is 0.234 e. The van der Waals surface area contributed by atoms with Gasteiger partial charge in [-0.25, -0.2) is 0 Å². The summed E-state index contributed by atoms with van der Waals surface area (Å²) >= 11 is 3.66. The van der Waals surface area contributed by atoms with Gasteiger partial charge in [0, 0.05) is 18.1 Å². The molecule has 1 heterocycles. The zero-order valence-corrected chi connectivity index (χ0v) is 17.3. The predicted octanol–water partition coefficient (Wildman–Crippen LogP) is 4.00. The lowest BCUT2D eigenvalue weighted by molar-refractivity contribution is -0.134. The number of halogens is 1. The summed E-state index contributed by atoms with van der Waals surface area (Å²) in [4.78, 5) is 12.2. The van der Waals surface area contributed by atoms with E-state index in [-0.39, 0.29) is 16.1 Å². The number of carbonyl (C=O) groups excluding carboxylic acids is 1. The van der Waals surface area contributed by atoms with Gasteiger partial charge in [0.2, 0.25) is 5.91 Å². The van der Waals surface area contributed by atoms with Crippen LogP contribution in [0.5, 0.6) is 0 Å². The Morgan fingerprint density at radius 3 is 2.52 bits per heavy atom. The lowest BCUT2D eigenvalue weighted by Crippen LogP contribution is -2.63. The monoisotopic (exact) mass is 408 g/mol. The van der Waals surface area contributed by atoms with Crippen LogP contribution in [0.25, 0.3) is 0 Å². The minimum atomic E-state index is 0.00803. The Morgan fingerprint density at radius 2 is 1.76 bits per heavy atom. The van der Waals surface area contributed by atoms with Crippen molar-refractivity contribution in [3.63, 3.8) is 0 Å². The van der Waals surface area contributed by atoms with Crippen molar-refractivity contribution in [1.82, 2.24) is 10.6 Å². The Kier molecular flexibility index (Phi) is 3.89. The second-order valence-corrected chi connectivity index (χ2v) is 11.4. The Bertz CT molecular complexity index is 578. The van der Waals surface area contributed by atoms with Crippen LogP contribution in [-0.2, 0) is 4.79 Å². The molecule has 4 heteroatoms. The van der Waals surface area contributed by atoms with Gasteiger partial charge in [0.25, 0.3) is 0 Å². The highest BCUT2D eigenvalue weighted by Gasteiger charge is 2.61. The van der Waals surface area contributed by atoms with Crippen LogP contribution < -0.4 is 10.6 Å². The van der Waals surface area contributed by atoms with Crippen LogP contribution in [0.15, 0.2) is 0 Å². The molecule has 25 heavy (non-hydrogen) atoms. The molecule has 140 valence electrons. The van der Waals surface area contributed by atoms with E-state index < -0.39 is 0 Å². The van der Waals surface area contributed by atoms with Crippen LogP contribution in [0.4, 0.5) is 0 Å². The lowest BCUT2D eigenvalue weighted by atomic mass is 9.47. The minimum Gasteiger partial charge on any atom is -0.352 e. The maximum Gasteiger partial charge on any atom is 0.234 e. The van der Waals surface area contributed by atoms with E-state index in [9.17, 15) is 4.79 Å². The molecular formula is C21H33BrN2O. The second-order valence-electron chi connectivity index (χ2n) is 10.3. The van der Waals surface area contributed by atoms with Crippen molar-refractivity contribution in [2.75, 3.05) is 0 Å². The molecule has 0 spiro atoms. The number of amides is 1. The molecule has 0 aromatic heterocycles. The summed E-state index contributed by atoms with van der Waals surface area (Å²) in [6.45, 7) is 5.09. The van der Waals surface area contributed by atoms with Crippen LogP contribution in [-0.4, -0.2) is 28.9 Å². The van der Waals surface area contributed by atoms with Gasteiger partial charge in [-0.05, 0) is 86.4 Å². The zero-order valence-electron chi connectivity index (χ0n) is 15.7. The van der Waals surface area contributed by atoms with Crippen LogP contribution >= 0.6 is 15.9 Å². The van der Waals surface area contributed by atoms with Crippen molar-refractivity contribution in [2.45, 2.75) is 94.6 Å². The Morgan fingerprint density at radius 1 is 1.00 bits per heavy atom. The molecule has 2 N–H and O–H groups in total. The summed E-state index contributed by atoms with van der Waals surface area (Å²) < 4.78 is 0. The minimum absolute atomic E-state index is 0.00803. The first-order valence-corrected chi connectivity index (χ1v) is 11.5. The Hall–Kier alpha value is -0.0900. The van der Waals surface area contributed by atoms with Crippen molar-refractivity contribution < 1.29 is 4.79 Å². The third-order valence-electron chi connectivity index (χ3n) is 9.10. The van der Waals surface area contributed by atoms with Gasteiger partial charge < -0.3 is 10.6 Å². The molecule has 5 aliphatic rings. The van der Waals surface area contributed by atoms with Crippen LogP contribution in [0.1, 0.15) is 71.6 Å². The SMILES string of the molecule is C[C@]12C[C@@H](Br)C(=O)N[C@@H]1CC[C@@H]1[C@@H]2CC[C@]2(C)[C@@H](NC3CC3)CC[C@@H]12. The van der Waals surface area contributed by atoms with Crippen LogP contribution in [0.2, 0.25) is 0 Å². The number of hydrogen-bond donors (Lipinski definition) is 2. The number of alkyl halides is 1. The van der Waals surface area contributed by atoms with Gasteiger partial charge in [-0.2, -0.15) is 0 Å². The average Bonchev–Trinajstić information content (AvgIpc) is 3.32. The largest absolute Gasteiger partial charge is 0.352 e. The standard InChI is InChI=1S/C21H33BrN2O/c1-20-10-9-15-13(14(20)6-8-17(20)23-12-3-4-12)5-7-18-21(15,2)11-16(22)19(25)24-18/h12-18,23H,3-11H2,1-2H3,(H,24,25)/t13-,14-,15-,16+,17-,18+,20-,21+/m0/s1. The average molecular weight is 409 g/mol. The number of carbonyl (C=O) groups is 1. The quantitative estimate of drug-likeness (QED) is 0.677. The molecule has 5 rings (SSSR count). The summed E-state index contributed by atoms with van der Waals surface area (Å²) in [6.07, 6.45) is 11.9. The molecule has 1 saturated heterocycles. The van der Waals surface area contributed by atoms with E-state index in [1.54, 1.807) is 0 Å². The Balaban J connectivity index is 1.40. The molecule has 4 saturated carbocycles. The first kappa shape index (κ1) is 17.0. The summed E-state index contributed by atoms with van der Waals surface area (Å²) in [5.74, 6) is 2.79. The fourth-order valence-electron chi connectivity index (χ4n) is 7.54. The van der Waals surface area contributed by atoms with Gasteiger partial charge in [-0.1, -0.05) is 29.8 Å². The van der Waals surface area contributed by atoms with Crippen molar-refractivity contribution in [1.29, 1.82) is 0 Å². The molecule has 4 aliphatic carbocycles. The fourth-order valence-corrected chi connectivity index (χ4v) is 8.37. The molecule has 0 aromatic carbocycles. The topological polar surface area (TPSA) is 41.1 Å². The van der Waals surface area contributed by atoms with Gasteiger partial charge in [0.05, 0.1) is 4.83 Å². The molecule has 0 radical (unpaired) electrons.